The molecule has 0 bridgehead atoms. The minimum absolute atomic E-state index is 0.139. The highest BCUT2D eigenvalue weighted by molar-refractivity contribution is 6.69. The summed E-state index contributed by atoms with van der Waals surface area (Å²) in [5.74, 6) is -0.653. The van der Waals surface area contributed by atoms with E-state index in [0.717, 1.165) is 19.4 Å². The van der Waals surface area contributed by atoms with Gasteiger partial charge in [-0.15, -0.1) is 0 Å². The van der Waals surface area contributed by atoms with Gasteiger partial charge in [0.25, 0.3) is 0 Å². The van der Waals surface area contributed by atoms with Gasteiger partial charge < -0.3 is 9.53 Å². The molecule has 0 heterocycles. The normalized spacial score (nSPS) is 11.3. The zero-order valence-corrected chi connectivity index (χ0v) is 36.3. The highest BCUT2D eigenvalue weighted by Crippen LogP contribution is 2.15. The molecule has 0 aliphatic carbocycles. The van der Waals surface area contributed by atoms with Gasteiger partial charge >= 0.3 is 5.97 Å². The zero-order valence-electron chi connectivity index (χ0n) is 34.2. The summed E-state index contributed by atoms with van der Waals surface area (Å²) < 4.78 is 5.89. The maximum atomic E-state index is 10.3. The average Bonchev–Trinajstić information content (AvgIpc) is 3.00. The molecule has 0 spiro atoms. The first-order valence-corrected chi connectivity index (χ1v) is 28.3. The van der Waals surface area contributed by atoms with Crippen molar-refractivity contribution in [1.29, 1.82) is 0 Å². The van der Waals surface area contributed by atoms with Crippen LogP contribution >= 0.6 is 0 Å². The lowest BCUT2D eigenvalue weighted by molar-refractivity contribution is -0.137. The minimum Gasteiger partial charge on any atom is -0.481 e. The van der Waals surface area contributed by atoms with Gasteiger partial charge in [-0.1, -0.05) is 220 Å². The summed E-state index contributed by atoms with van der Waals surface area (Å²) in [6.07, 6.45) is 43.2. The molecule has 0 aromatic carbocycles. The van der Waals surface area contributed by atoms with Gasteiger partial charge in [-0.3, -0.25) is 4.79 Å². The zero-order chi connectivity index (χ0) is 35.7. The van der Waals surface area contributed by atoms with E-state index in [9.17, 15) is 4.79 Å². The lowest BCUT2D eigenvalue weighted by Gasteiger charge is -2.16. The first-order valence-electron chi connectivity index (χ1n) is 21.4. The third-order valence-electron chi connectivity index (χ3n) is 8.53. The molecule has 1 N–H and O–H groups in total. The second-order valence-electron chi connectivity index (χ2n) is 16.1. The minimum atomic E-state index is -1.27. The van der Waals surface area contributed by atoms with Crippen LogP contribution in [0.1, 0.15) is 219 Å². The van der Waals surface area contributed by atoms with Crippen LogP contribution in [0.15, 0.2) is 0 Å². The molecule has 0 radical (unpaired) electrons. The number of aliphatic carboxylic acids is 1. The van der Waals surface area contributed by atoms with Gasteiger partial charge in [0.1, 0.15) is 0 Å². The Morgan fingerprint density at radius 1 is 0.447 bits per heavy atom. The molecule has 286 valence electrons. The second-order valence-corrected chi connectivity index (χ2v) is 24.1. The van der Waals surface area contributed by atoms with Crippen LogP contribution in [0, 0.1) is 0 Å². The lowest BCUT2D eigenvalue weighted by atomic mass is 10.0. The molecule has 0 amide bonds. The van der Waals surface area contributed by atoms with E-state index in [-0.39, 0.29) is 8.80 Å². The summed E-state index contributed by atoms with van der Waals surface area (Å²) in [4.78, 5) is 10.3. The van der Waals surface area contributed by atoms with Crippen LogP contribution in [0.3, 0.4) is 0 Å². The van der Waals surface area contributed by atoms with Crippen molar-refractivity contribution in [1.82, 2.24) is 0 Å². The summed E-state index contributed by atoms with van der Waals surface area (Å²) in [7, 11) is -1.41. The van der Waals surface area contributed by atoms with Crippen LogP contribution in [0.25, 0.3) is 0 Å². The van der Waals surface area contributed by atoms with E-state index < -0.39 is 14.3 Å². The van der Waals surface area contributed by atoms with E-state index in [2.05, 4.69) is 53.1 Å². The Bertz CT molecular complexity index is 560. The number of hydrogen-bond donors (Lipinski definition) is 1. The van der Waals surface area contributed by atoms with Crippen molar-refractivity contribution < 1.29 is 14.3 Å². The van der Waals surface area contributed by atoms with Crippen molar-refractivity contribution in [2.45, 2.75) is 259 Å². The Balaban J connectivity index is -0.000000744. The molecular formula is C42H92O3Si2. The second kappa shape index (κ2) is 43.9. The summed E-state index contributed by atoms with van der Waals surface area (Å²) >= 11 is 0. The smallest absolute Gasteiger partial charge is 0.303 e. The average molecular weight is 701 g/mol. The van der Waals surface area contributed by atoms with Crippen LogP contribution in [0.5, 0.6) is 0 Å². The van der Waals surface area contributed by atoms with Gasteiger partial charge in [0.2, 0.25) is 0 Å². The summed E-state index contributed by atoms with van der Waals surface area (Å²) in [6.45, 7) is 19.3. The van der Waals surface area contributed by atoms with Crippen LogP contribution in [0.4, 0.5) is 0 Å². The summed E-state index contributed by atoms with van der Waals surface area (Å²) in [5, 5.41) is 8.52. The van der Waals surface area contributed by atoms with Gasteiger partial charge in [-0.25, -0.2) is 0 Å². The molecule has 0 aliphatic rings. The van der Waals surface area contributed by atoms with E-state index in [1.807, 2.05) is 0 Å². The van der Waals surface area contributed by atoms with Crippen molar-refractivity contribution in [3.8, 4) is 0 Å². The Labute approximate surface area is 301 Å². The highest BCUT2D eigenvalue weighted by atomic mass is 28.4. The Morgan fingerprint density at radius 2 is 0.660 bits per heavy atom. The third-order valence-corrected chi connectivity index (χ3v) is 9.60. The summed E-state index contributed by atoms with van der Waals surface area (Å²) in [5.41, 5.74) is 0. The standard InChI is InChI=1S/C21H46OSi.C18H36O2.C3H10Si/c1-5-6-7-8-9-10-11-12-13-14-15-16-17-18-19-20-21-22-23(2,3)4;1-2-3-4-5-6-7-8-9-10-11-12-13-14-15-16-17-18(19)20;1-4(2)3/h5-21H2,1-4H3;2-17H2,1H3,(H,19,20);4H,1-3H3. The number of carboxylic acid groups (broad SMARTS) is 1. The largest absolute Gasteiger partial charge is 0.481 e. The number of hydrogen-bond acceptors (Lipinski definition) is 2. The Morgan fingerprint density at radius 3 is 0.872 bits per heavy atom. The van der Waals surface area contributed by atoms with Crippen LogP contribution in [0.2, 0.25) is 39.3 Å². The highest BCUT2D eigenvalue weighted by Gasteiger charge is 2.12. The Kier molecular flexibility index (Phi) is 47.8. The SMILES string of the molecule is CCCCCCCCCCCCCCCCCC(=O)O.CCCCCCCCCCCCCCCCCCO[Si](C)(C)C.C[SiH](C)C. The van der Waals surface area contributed by atoms with Crippen LogP contribution in [-0.2, 0) is 9.22 Å². The maximum Gasteiger partial charge on any atom is 0.303 e. The van der Waals surface area contributed by atoms with Gasteiger partial charge in [0.15, 0.2) is 8.32 Å². The third kappa shape index (κ3) is 64.9. The van der Waals surface area contributed by atoms with Crippen molar-refractivity contribution in [2.75, 3.05) is 6.61 Å². The van der Waals surface area contributed by atoms with E-state index in [4.69, 9.17) is 9.53 Å². The van der Waals surface area contributed by atoms with Gasteiger partial charge in [0.05, 0.1) is 0 Å². The number of rotatable bonds is 34. The van der Waals surface area contributed by atoms with Crippen molar-refractivity contribution in [3.63, 3.8) is 0 Å². The number of unbranched alkanes of at least 4 members (excludes halogenated alkanes) is 29. The molecule has 0 saturated heterocycles. The lowest BCUT2D eigenvalue weighted by Crippen LogP contribution is -2.25. The van der Waals surface area contributed by atoms with Gasteiger partial charge in [0, 0.05) is 21.8 Å². The molecule has 47 heavy (non-hydrogen) atoms. The summed E-state index contributed by atoms with van der Waals surface area (Å²) in [6, 6.07) is 0. The van der Waals surface area contributed by atoms with Crippen molar-refractivity contribution in [3.05, 3.63) is 0 Å². The molecule has 5 heteroatoms. The number of carboxylic acids is 1. The molecule has 0 aromatic rings. The van der Waals surface area contributed by atoms with Gasteiger partial charge in [-0.2, -0.15) is 0 Å². The van der Waals surface area contributed by atoms with E-state index in [1.165, 1.54) is 186 Å². The fourth-order valence-corrected chi connectivity index (χ4v) is 6.43. The van der Waals surface area contributed by atoms with E-state index in [1.54, 1.807) is 0 Å². The first kappa shape index (κ1) is 51.2. The fraction of sp³-hybridized carbons (Fsp3) is 0.976. The monoisotopic (exact) mass is 701 g/mol. The topological polar surface area (TPSA) is 46.5 Å². The molecule has 0 aromatic heterocycles. The van der Waals surface area contributed by atoms with Crippen LogP contribution < -0.4 is 0 Å². The predicted octanol–water partition coefficient (Wildman–Crippen LogP) is 15.5. The Hall–Kier alpha value is -0.136. The van der Waals surface area contributed by atoms with Crippen LogP contribution in [-0.4, -0.2) is 34.8 Å². The predicted molar refractivity (Wildman–Crippen MR) is 221 cm³/mol. The molecule has 0 saturated carbocycles. The first-order chi connectivity index (χ1) is 22.6. The maximum absolute atomic E-state index is 10.3. The molecule has 0 rings (SSSR count). The van der Waals surface area contributed by atoms with Crippen molar-refractivity contribution in [2.24, 2.45) is 0 Å². The molecule has 3 nitrogen and oxygen atoms in total. The molecule has 0 unspecified atom stereocenters. The van der Waals surface area contributed by atoms with Gasteiger partial charge in [-0.05, 0) is 32.5 Å². The molecule has 0 fully saturated rings. The fourth-order valence-electron chi connectivity index (χ4n) is 5.68. The van der Waals surface area contributed by atoms with E-state index in [0.29, 0.717) is 6.42 Å². The number of carbonyl (C=O) groups is 1. The van der Waals surface area contributed by atoms with Crippen molar-refractivity contribution >= 4 is 23.1 Å². The quantitative estimate of drug-likeness (QED) is 0.0537. The molecule has 0 aliphatic heterocycles. The molecular weight excluding hydrogens is 609 g/mol. The molecule has 0 atom stereocenters. The van der Waals surface area contributed by atoms with E-state index >= 15 is 0 Å².